The second-order valence-electron chi connectivity index (χ2n) is 4.95. The number of aliphatic hydroxyl groups is 1. The standard InChI is InChI=1S/C13H20N2OS/c1-15(2)9-12-10-17-7-5-13(12,16)11-4-3-6-14-8-11/h3-4,6,8,12,16H,5,7,9-10H2,1-2H3/t12-,13+/m0/s1. The van der Waals surface area contributed by atoms with Crippen molar-refractivity contribution in [1.29, 1.82) is 0 Å². The molecule has 2 atom stereocenters. The summed E-state index contributed by atoms with van der Waals surface area (Å²) in [4.78, 5) is 6.29. The lowest BCUT2D eigenvalue weighted by molar-refractivity contribution is -0.0296. The molecule has 3 nitrogen and oxygen atoms in total. The van der Waals surface area contributed by atoms with Gasteiger partial charge in [-0.1, -0.05) is 6.07 Å². The third kappa shape index (κ3) is 2.81. The van der Waals surface area contributed by atoms with Gasteiger partial charge >= 0.3 is 0 Å². The fourth-order valence-electron chi connectivity index (χ4n) is 2.44. The number of thioether (sulfide) groups is 1. The number of hydrogen-bond donors (Lipinski definition) is 1. The molecule has 0 unspecified atom stereocenters. The number of nitrogens with zero attached hydrogens (tertiary/aromatic N) is 2. The van der Waals surface area contributed by atoms with Gasteiger partial charge < -0.3 is 10.0 Å². The van der Waals surface area contributed by atoms with Gasteiger partial charge in [-0.3, -0.25) is 4.98 Å². The van der Waals surface area contributed by atoms with Crippen LogP contribution in [-0.2, 0) is 5.60 Å². The summed E-state index contributed by atoms with van der Waals surface area (Å²) < 4.78 is 0. The smallest absolute Gasteiger partial charge is 0.0967 e. The highest BCUT2D eigenvalue weighted by Gasteiger charge is 2.40. The molecule has 2 heterocycles. The maximum Gasteiger partial charge on any atom is 0.0967 e. The molecule has 0 spiro atoms. The zero-order valence-corrected chi connectivity index (χ0v) is 11.3. The Bertz CT molecular complexity index is 358. The first-order valence-corrected chi connectivity index (χ1v) is 7.14. The first-order chi connectivity index (χ1) is 8.13. The first kappa shape index (κ1) is 12.9. The van der Waals surface area contributed by atoms with Crippen molar-refractivity contribution in [3.05, 3.63) is 30.1 Å². The molecular formula is C13H20N2OS. The second-order valence-corrected chi connectivity index (χ2v) is 6.10. The Morgan fingerprint density at radius 3 is 3.06 bits per heavy atom. The van der Waals surface area contributed by atoms with Crippen LogP contribution in [0.15, 0.2) is 24.5 Å². The summed E-state index contributed by atoms with van der Waals surface area (Å²) >= 11 is 1.93. The summed E-state index contributed by atoms with van der Waals surface area (Å²) in [5.41, 5.74) is 0.260. The van der Waals surface area contributed by atoms with E-state index in [1.54, 1.807) is 12.4 Å². The van der Waals surface area contributed by atoms with E-state index in [4.69, 9.17) is 0 Å². The van der Waals surface area contributed by atoms with Crippen LogP contribution in [0.5, 0.6) is 0 Å². The van der Waals surface area contributed by atoms with Gasteiger partial charge in [-0.25, -0.2) is 0 Å². The Kier molecular flexibility index (Phi) is 4.07. The van der Waals surface area contributed by atoms with Crippen LogP contribution in [0, 0.1) is 5.92 Å². The quantitative estimate of drug-likeness (QED) is 0.886. The Morgan fingerprint density at radius 2 is 2.41 bits per heavy atom. The topological polar surface area (TPSA) is 36.4 Å². The largest absolute Gasteiger partial charge is 0.385 e. The highest BCUT2D eigenvalue weighted by atomic mass is 32.2. The normalized spacial score (nSPS) is 29.5. The average Bonchev–Trinajstić information content (AvgIpc) is 2.33. The third-order valence-electron chi connectivity index (χ3n) is 3.37. The number of rotatable bonds is 3. The highest BCUT2D eigenvalue weighted by molar-refractivity contribution is 7.99. The summed E-state index contributed by atoms with van der Waals surface area (Å²) in [6, 6.07) is 3.90. The van der Waals surface area contributed by atoms with E-state index in [-0.39, 0.29) is 5.92 Å². The van der Waals surface area contributed by atoms with E-state index in [0.29, 0.717) is 0 Å². The zero-order chi connectivity index (χ0) is 12.3. The van der Waals surface area contributed by atoms with Gasteiger partial charge in [-0.15, -0.1) is 0 Å². The second kappa shape index (κ2) is 5.38. The molecular weight excluding hydrogens is 232 g/mol. The minimum absolute atomic E-state index is 0.278. The molecule has 0 aliphatic carbocycles. The zero-order valence-electron chi connectivity index (χ0n) is 10.5. The summed E-state index contributed by atoms with van der Waals surface area (Å²) in [7, 11) is 4.12. The van der Waals surface area contributed by atoms with E-state index in [9.17, 15) is 5.11 Å². The van der Waals surface area contributed by atoms with E-state index in [2.05, 4.69) is 24.0 Å². The molecule has 1 fully saturated rings. The molecule has 1 aromatic heterocycles. The van der Waals surface area contributed by atoms with Gasteiger partial charge in [0.25, 0.3) is 0 Å². The molecule has 1 aromatic rings. The van der Waals surface area contributed by atoms with Gasteiger partial charge in [0.2, 0.25) is 0 Å². The molecule has 0 aromatic carbocycles. The molecule has 1 aliphatic heterocycles. The van der Waals surface area contributed by atoms with Crippen LogP contribution in [0.3, 0.4) is 0 Å². The van der Waals surface area contributed by atoms with E-state index in [1.165, 1.54) is 0 Å². The van der Waals surface area contributed by atoms with Gasteiger partial charge in [0, 0.05) is 36.2 Å². The molecule has 17 heavy (non-hydrogen) atoms. The summed E-state index contributed by atoms with van der Waals surface area (Å²) in [6.07, 6.45) is 4.38. The van der Waals surface area contributed by atoms with E-state index in [0.717, 1.165) is 30.0 Å². The van der Waals surface area contributed by atoms with Crippen molar-refractivity contribution in [2.45, 2.75) is 12.0 Å². The van der Waals surface area contributed by atoms with Crippen LogP contribution < -0.4 is 0 Å². The van der Waals surface area contributed by atoms with Crippen molar-refractivity contribution in [3.8, 4) is 0 Å². The van der Waals surface area contributed by atoms with Crippen LogP contribution in [0.4, 0.5) is 0 Å². The predicted octanol–water partition coefficient (Wildman–Crippen LogP) is 1.58. The third-order valence-corrected chi connectivity index (χ3v) is 4.50. The van der Waals surface area contributed by atoms with Crippen LogP contribution in [0.25, 0.3) is 0 Å². The molecule has 1 aliphatic rings. The Labute approximate surface area is 107 Å². The monoisotopic (exact) mass is 252 g/mol. The molecule has 0 bridgehead atoms. The van der Waals surface area contributed by atoms with Crippen molar-refractivity contribution in [2.75, 3.05) is 32.1 Å². The van der Waals surface area contributed by atoms with Crippen molar-refractivity contribution in [2.24, 2.45) is 5.92 Å². The SMILES string of the molecule is CN(C)C[C@H]1CSCC[C@@]1(O)c1cccnc1. The van der Waals surface area contributed by atoms with Crippen molar-refractivity contribution in [3.63, 3.8) is 0 Å². The van der Waals surface area contributed by atoms with Gasteiger partial charge in [-0.05, 0) is 32.3 Å². The molecule has 0 radical (unpaired) electrons. The maximum atomic E-state index is 11.0. The molecule has 4 heteroatoms. The lowest BCUT2D eigenvalue weighted by atomic mass is 9.80. The molecule has 0 saturated carbocycles. The van der Waals surface area contributed by atoms with Gasteiger partial charge in [-0.2, -0.15) is 11.8 Å². The minimum atomic E-state index is -0.705. The predicted molar refractivity (Wildman–Crippen MR) is 72.1 cm³/mol. The van der Waals surface area contributed by atoms with Crippen molar-refractivity contribution < 1.29 is 5.11 Å². The fourth-order valence-corrected chi connectivity index (χ4v) is 3.73. The fraction of sp³-hybridized carbons (Fsp3) is 0.615. The number of pyridine rings is 1. The molecule has 1 N–H and O–H groups in total. The summed E-state index contributed by atoms with van der Waals surface area (Å²) in [6.45, 7) is 0.915. The highest BCUT2D eigenvalue weighted by Crippen LogP contribution is 2.40. The number of aromatic nitrogens is 1. The van der Waals surface area contributed by atoms with Gasteiger partial charge in [0.15, 0.2) is 0 Å². The average molecular weight is 252 g/mol. The Hall–Kier alpha value is -0.580. The van der Waals surface area contributed by atoms with Crippen LogP contribution in [0.2, 0.25) is 0 Å². The molecule has 94 valence electrons. The lowest BCUT2D eigenvalue weighted by Gasteiger charge is -2.41. The Balaban J connectivity index is 2.25. The van der Waals surface area contributed by atoms with Gasteiger partial charge in [0.05, 0.1) is 5.60 Å². The van der Waals surface area contributed by atoms with Crippen LogP contribution in [0.1, 0.15) is 12.0 Å². The minimum Gasteiger partial charge on any atom is -0.385 e. The van der Waals surface area contributed by atoms with Crippen molar-refractivity contribution in [1.82, 2.24) is 9.88 Å². The van der Waals surface area contributed by atoms with E-state index in [1.807, 2.05) is 23.9 Å². The van der Waals surface area contributed by atoms with Crippen LogP contribution >= 0.6 is 11.8 Å². The number of hydrogen-bond acceptors (Lipinski definition) is 4. The molecule has 2 rings (SSSR count). The first-order valence-electron chi connectivity index (χ1n) is 5.98. The summed E-state index contributed by atoms with van der Waals surface area (Å²) in [5, 5.41) is 11.0. The van der Waals surface area contributed by atoms with E-state index < -0.39 is 5.60 Å². The molecule has 0 amide bonds. The molecule has 1 saturated heterocycles. The van der Waals surface area contributed by atoms with Crippen molar-refractivity contribution >= 4 is 11.8 Å². The maximum absolute atomic E-state index is 11.0. The van der Waals surface area contributed by atoms with E-state index >= 15 is 0 Å². The van der Waals surface area contributed by atoms with Gasteiger partial charge in [0.1, 0.15) is 0 Å². The summed E-state index contributed by atoms with van der Waals surface area (Å²) in [5.74, 6) is 2.32. The van der Waals surface area contributed by atoms with Crippen LogP contribution in [-0.4, -0.2) is 47.1 Å². The Morgan fingerprint density at radius 1 is 1.59 bits per heavy atom. The lowest BCUT2D eigenvalue weighted by Crippen LogP contribution is -2.45.